The summed E-state index contributed by atoms with van der Waals surface area (Å²) in [5.74, 6) is -3.12. The molecule has 0 spiro atoms. The number of fused-ring (bicyclic) bond motifs is 4. The number of hydrogen-bond donors (Lipinski definition) is 2. The smallest absolute Gasteiger partial charge is 0.426 e. The van der Waals surface area contributed by atoms with Crippen LogP contribution in [-0.2, 0) is 90.6 Å². The summed E-state index contributed by atoms with van der Waals surface area (Å²) >= 11 is 0. The average molecular weight is 2010 g/mol. The Labute approximate surface area is 815 Å². The van der Waals surface area contributed by atoms with Crippen LogP contribution in [0.5, 0.6) is 0 Å². The van der Waals surface area contributed by atoms with Crippen molar-refractivity contribution < 1.29 is 153 Å². The lowest BCUT2D eigenvalue weighted by Crippen LogP contribution is -2.58. The standard InChI is InChI=1S/C18H29F3O3.C17H24F6O3.C13H24O2.C12H20O5.C12H26O2Si.C12H24O2.C10H20O2.C9H15F3O2/c1-5-16(2,3)15(22)24-14(10-17(4,23)18(19,20)21)13-9-11-6-7-12(13)8-11;1-4-14(2,3)13(24)26-12-7-9-5-10(12)6-11(9)8-15(25,16(18,19)20)17(21,22)23;1-5-13(3,4)12(14)15-11-8-6-10(2)7-9-11;1-5-12(3,4)11(15)17-7-6-16-10(14)8-9(2)13;1-7-12(2,3)11(13)14-9-8-10-15(4,5)6;1-5-7-8-9-10-14-11(13)12(3,4)6-2;1-7-10(5,6)8(11)12-9(2,3)4;1-5-8(3,4)7(13)14-6(2)9(10,11)12/h11-14,23H,5-10H2,1-4H3;9-12,25H,4-8H2,1-3H3;10-11H,5-9H2,1-4H3;5-8H2,1-4H3;7-10H2,1-6H3;5-10H2,1-4H3;7H2,1-6H3;6H,5H2,1-4H3. The van der Waals surface area contributed by atoms with Crippen LogP contribution in [0.2, 0.25) is 25.7 Å². The van der Waals surface area contributed by atoms with Gasteiger partial charge in [0.15, 0.2) is 11.7 Å². The average Bonchev–Trinajstić information content (AvgIpc) is 1.65. The molecule has 0 aromatic carbocycles. The van der Waals surface area contributed by atoms with E-state index in [0.717, 1.165) is 103 Å². The van der Waals surface area contributed by atoms with E-state index in [1.54, 1.807) is 62.3 Å². The van der Waals surface area contributed by atoms with Crippen molar-refractivity contribution in [2.45, 2.75) is 487 Å². The molecule has 0 saturated heterocycles. The molecule has 2 N–H and O–H groups in total. The van der Waals surface area contributed by atoms with E-state index in [1.807, 2.05) is 125 Å². The Kier molecular flexibility index (Phi) is 56.9. The largest absolute Gasteiger partial charge is 0.465 e. The van der Waals surface area contributed by atoms with Gasteiger partial charge in [-0.1, -0.05) is 121 Å². The fourth-order valence-corrected chi connectivity index (χ4v) is 15.1. The molecule has 5 aliphatic rings. The summed E-state index contributed by atoms with van der Waals surface area (Å²) in [6.07, 6.45) is -5.95. The first-order chi connectivity index (χ1) is 61.8. The third-order valence-electron chi connectivity index (χ3n) is 27.8. The van der Waals surface area contributed by atoms with E-state index in [9.17, 15) is 111 Å². The number of ether oxygens (including phenoxy) is 9. The van der Waals surface area contributed by atoms with Gasteiger partial charge >= 0.3 is 78.4 Å². The molecule has 5 rings (SSSR count). The second kappa shape index (κ2) is 57.6. The normalized spacial score (nSPS) is 20.7. The monoisotopic (exact) mass is 2010 g/mol. The molecular weight excluding hydrogens is 1830 g/mol. The fourth-order valence-electron chi connectivity index (χ4n) is 13.8. The van der Waals surface area contributed by atoms with Gasteiger partial charge in [0.05, 0.1) is 56.5 Å². The maximum atomic E-state index is 13.1. The molecule has 0 aliphatic heterocycles. The van der Waals surface area contributed by atoms with Crippen LogP contribution in [0.4, 0.5) is 52.7 Å². The first-order valence-corrected chi connectivity index (χ1v) is 53.4. The molecule has 808 valence electrons. The zero-order valence-electron chi connectivity index (χ0n) is 90.2. The lowest BCUT2D eigenvalue weighted by Gasteiger charge is -2.37. The van der Waals surface area contributed by atoms with Crippen LogP contribution in [0.3, 0.4) is 0 Å². The number of aliphatic hydroxyl groups is 2. The summed E-state index contributed by atoms with van der Waals surface area (Å²) in [6, 6.07) is 1.23. The highest BCUT2D eigenvalue weighted by Crippen LogP contribution is 2.57. The van der Waals surface area contributed by atoms with Crippen molar-refractivity contribution in [3.63, 3.8) is 0 Å². The lowest BCUT2D eigenvalue weighted by atomic mass is 9.78. The summed E-state index contributed by atoms with van der Waals surface area (Å²) in [6.45, 7) is 65.6. The van der Waals surface area contributed by atoms with E-state index in [-0.39, 0.29) is 113 Å². The van der Waals surface area contributed by atoms with Crippen LogP contribution in [0.1, 0.15) is 395 Å². The van der Waals surface area contributed by atoms with Gasteiger partial charge in [-0.05, 0) is 329 Å². The quantitative estimate of drug-likeness (QED) is 0.0144. The number of Topliss-reactive ketones (excluding diaryl/α,β-unsaturated/α-hetero) is 1. The molecule has 10 unspecified atom stereocenters. The number of carbonyl (C=O) groups is 10. The molecule has 5 fully saturated rings. The Bertz CT molecular complexity index is 3600. The van der Waals surface area contributed by atoms with Crippen molar-refractivity contribution in [3.8, 4) is 0 Å². The third kappa shape index (κ3) is 49.8. The van der Waals surface area contributed by atoms with E-state index in [1.165, 1.54) is 38.7 Å². The molecular formula is C103H182F12O21Si. The van der Waals surface area contributed by atoms with Gasteiger partial charge in [0.25, 0.3) is 5.60 Å². The highest BCUT2D eigenvalue weighted by Gasteiger charge is 2.71. The van der Waals surface area contributed by atoms with E-state index < -0.39 is 133 Å². The van der Waals surface area contributed by atoms with Gasteiger partial charge in [0.2, 0.25) is 0 Å². The molecule has 0 amide bonds. The number of alkyl halides is 12. The summed E-state index contributed by atoms with van der Waals surface area (Å²) < 4.78 is 199. The second-order valence-electron chi connectivity index (χ2n) is 45.8. The Hall–Kier alpha value is -5.80. The van der Waals surface area contributed by atoms with Crippen molar-refractivity contribution in [1.82, 2.24) is 0 Å². The molecule has 10 atom stereocenters. The Morgan fingerprint density at radius 3 is 1.13 bits per heavy atom. The Morgan fingerprint density at radius 2 is 0.781 bits per heavy atom. The zero-order valence-corrected chi connectivity index (χ0v) is 91.2. The molecule has 0 aromatic rings. The fraction of sp³-hybridized carbons (Fsp3) is 0.903. The van der Waals surface area contributed by atoms with Gasteiger partial charge in [-0.25, -0.2) is 0 Å². The minimum atomic E-state index is -5.79. The van der Waals surface area contributed by atoms with E-state index in [0.29, 0.717) is 57.2 Å². The summed E-state index contributed by atoms with van der Waals surface area (Å²) in [5, 5.41) is 19.3. The Morgan fingerprint density at radius 1 is 0.394 bits per heavy atom. The van der Waals surface area contributed by atoms with Crippen LogP contribution < -0.4 is 0 Å². The van der Waals surface area contributed by atoms with Gasteiger partial charge in [-0.15, -0.1) is 0 Å². The highest BCUT2D eigenvalue weighted by atomic mass is 28.3. The molecule has 21 nitrogen and oxygen atoms in total. The number of carbonyl (C=O) groups excluding carboxylic acids is 10. The number of hydrogen-bond acceptors (Lipinski definition) is 21. The van der Waals surface area contributed by atoms with Gasteiger partial charge in [-0.2, -0.15) is 52.7 Å². The van der Waals surface area contributed by atoms with Crippen molar-refractivity contribution in [1.29, 1.82) is 0 Å². The van der Waals surface area contributed by atoms with Crippen LogP contribution in [0.25, 0.3) is 0 Å². The minimum Gasteiger partial charge on any atom is -0.465 e. The molecule has 0 aromatic heterocycles. The van der Waals surface area contributed by atoms with Gasteiger partial charge in [0.1, 0.15) is 49.3 Å². The summed E-state index contributed by atoms with van der Waals surface area (Å²) in [7, 11) is -0.975. The maximum absolute atomic E-state index is 13.1. The van der Waals surface area contributed by atoms with E-state index in [2.05, 4.69) is 38.2 Å². The molecule has 0 radical (unpaired) electrons. The first kappa shape index (κ1) is 135. The first-order valence-electron chi connectivity index (χ1n) is 49.7. The third-order valence-corrected chi connectivity index (χ3v) is 29.7. The zero-order chi connectivity index (χ0) is 108. The minimum absolute atomic E-state index is 0.0162. The number of unbranched alkanes of at least 4 members (excludes halogenated alkanes) is 3. The summed E-state index contributed by atoms with van der Waals surface area (Å²) in [5.41, 5.74) is -12.0. The summed E-state index contributed by atoms with van der Waals surface area (Å²) in [4.78, 5) is 115. The van der Waals surface area contributed by atoms with Gasteiger partial charge in [-0.3, -0.25) is 47.9 Å². The molecule has 5 saturated carbocycles. The number of ketones is 1. The van der Waals surface area contributed by atoms with Crippen LogP contribution in [-0.4, -0.2) is 170 Å². The second-order valence-corrected chi connectivity index (χ2v) is 51.4. The van der Waals surface area contributed by atoms with E-state index in [4.69, 9.17) is 37.9 Å². The molecule has 34 heteroatoms. The SMILES string of the molecule is CCC(C)(C)C(=O)OC(C)(C)C.CCC(C)(C)C(=O)OC(C)C(F)(F)F.CCC(C)(C)C(=O)OC(CC(C)(O)C(F)(F)F)C1CC2CCC1C2.CCC(C)(C)C(=O)OC1CC2CC1CC2CC(O)(C(F)(F)F)C(F)(F)F.CCC(C)(C)C(=O)OC1CCC(C)CC1.CCC(C)(C)C(=O)OCCC[Si](C)(C)C.CCC(C)(C)C(=O)OCCOC(=O)CC(C)=O.CCCCCCOC(=O)C(C)(C)CC. The van der Waals surface area contributed by atoms with Crippen LogP contribution in [0, 0.1) is 84.7 Å². The molecule has 137 heavy (non-hydrogen) atoms. The van der Waals surface area contributed by atoms with Crippen LogP contribution >= 0.6 is 0 Å². The number of rotatable bonds is 39. The van der Waals surface area contributed by atoms with Crippen molar-refractivity contribution in [2.24, 2.45) is 84.7 Å². The topological polar surface area (TPSA) is 294 Å². The highest BCUT2D eigenvalue weighted by molar-refractivity contribution is 6.76. The van der Waals surface area contributed by atoms with Gasteiger partial charge in [0, 0.05) is 14.5 Å². The van der Waals surface area contributed by atoms with Gasteiger partial charge < -0.3 is 52.8 Å². The molecule has 0 heterocycles. The van der Waals surface area contributed by atoms with Crippen molar-refractivity contribution in [3.05, 3.63) is 0 Å². The van der Waals surface area contributed by atoms with Crippen molar-refractivity contribution in [2.75, 3.05) is 26.4 Å². The van der Waals surface area contributed by atoms with Crippen LogP contribution in [0.15, 0.2) is 0 Å². The predicted molar refractivity (Wildman–Crippen MR) is 510 cm³/mol. The van der Waals surface area contributed by atoms with Crippen molar-refractivity contribution >= 4 is 67.6 Å². The molecule has 4 bridgehead atoms. The maximum Gasteiger partial charge on any atom is 0.426 e. The number of esters is 9. The predicted octanol–water partition coefficient (Wildman–Crippen LogP) is 27.1. The Balaban J connectivity index is -0.00000152. The lowest BCUT2D eigenvalue weighted by molar-refractivity contribution is -0.373. The number of halogens is 12. The van der Waals surface area contributed by atoms with E-state index >= 15 is 0 Å². The molecule has 5 aliphatic carbocycles.